The second-order valence-corrected chi connectivity index (χ2v) is 9.11. The van der Waals surface area contributed by atoms with Crippen LogP contribution in [0, 0.1) is 13.8 Å². The standard InChI is InChI=1S/C27H24ClN3O2/c1-17-7-12-23(18(2)13-17)30-15-20(14-26(30)33)27-29-22-5-3-4-6-24(22)31(27)16-25(32)19-8-10-21(28)11-9-19/h3-13,20H,14-16H2,1-2H3. The summed E-state index contributed by atoms with van der Waals surface area (Å²) in [7, 11) is 0. The van der Waals surface area contributed by atoms with Crippen molar-refractivity contribution in [3.63, 3.8) is 0 Å². The van der Waals surface area contributed by atoms with Gasteiger partial charge in [-0.3, -0.25) is 9.59 Å². The second kappa shape index (κ2) is 8.49. The summed E-state index contributed by atoms with van der Waals surface area (Å²) >= 11 is 5.98. The van der Waals surface area contributed by atoms with Crippen molar-refractivity contribution in [3.05, 3.63) is 94.3 Å². The molecule has 33 heavy (non-hydrogen) atoms. The van der Waals surface area contributed by atoms with E-state index in [1.54, 1.807) is 24.3 Å². The van der Waals surface area contributed by atoms with Crippen LogP contribution < -0.4 is 4.90 Å². The Balaban J connectivity index is 1.50. The predicted octanol–water partition coefficient (Wildman–Crippen LogP) is 5.71. The first kappa shape index (κ1) is 21.4. The predicted molar refractivity (Wildman–Crippen MR) is 131 cm³/mol. The molecule has 1 saturated heterocycles. The Morgan fingerprint density at radius 2 is 1.82 bits per heavy atom. The molecule has 0 radical (unpaired) electrons. The van der Waals surface area contributed by atoms with Gasteiger partial charge in [0.15, 0.2) is 5.78 Å². The van der Waals surface area contributed by atoms with E-state index in [0.717, 1.165) is 28.1 Å². The third-order valence-corrected chi connectivity index (χ3v) is 6.54. The van der Waals surface area contributed by atoms with E-state index in [9.17, 15) is 9.59 Å². The number of anilines is 1. The fourth-order valence-electron chi connectivity index (χ4n) is 4.66. The Kier molecular flexibility index (Phi) is 5.51. The third-order valence-electron chi connectivity index (χ3n) is 6.29. The first-order valence-corrected chi connectivity index (χ1v) is 11.4. The molecule has 1 aliphatic rings. The molecule has 0 spiro atoms. The van der Waals surface area contributed by atoms with Gasteiger partial charge in [0.05, 0.1) is 17.6 Å². The molecule has 0 saturated carbocycles. The van der Waals surface area contributed by atoms with E-state index in [4.69, 9.17) is 16.6 Å². The first-order chi connectivity index (χ1) is 15.9. The van der Waals surface area contributed by atoms with Gasteiger partial charge in [-0.2, -0.15) is 0 Å². The van der Waals surface area contributed by atoms with E-state index in [1.807, 2.05) is 59.7 Å². The highest BCUT2D eigenvalue weighted by Gasteiger charge is 2.35. The summed E-state index contributed by atoms with van der Waals surface area (Å²) in [6, 6.07) is 20.9. The van der Waals surface area contributed by atoms with Gasteiger partial charge in [-0.25, -0.2) is 4.98 Å². The largest absolute Gasteiger partial charge is 0.320 e. The van der Waals surface area contributed by atoms with Crippen molar-refractivity contribution in [2.45, 2.75) is 32.7 Å². The molecule has 0 N–H and O–H groups in total. The summed E-state index contributed by atoms with van der Waals surface area (Å²) in [6.45, 7) is 4.78. The van der Waals surface area contributed by atoms with E-state index < -0.39 is 0 Å². The smallest absolute Gasteiger partial charge is 0.227 e. The van der Waals surface area contributed by atoms with Crippen LogP contribution in [0.25, 0.3) is 11.0 Å². The number of amides is 1. The number of Topliss-reactive ketones (excluding diaryl/α,β-unsaturated/α-hetero) is 1. The van der Waals surface area contributed by atoms with E-state index in [-0.39, 0.29) is 24.2 Å². The quantitative estimate of drug-likeness (QED) is 0.361. The summed E-state index contributed by atoms with van der Waals surface area (Å²) in [5.74, 6) is 0.740. The average Bonchev–Trinajstić information content (AvgIpc) is 3.35. The maximum atomic E-state index is 13.1. The molecule has 0 aliphatic carbocycles. The Morgan fingerprint density at radius 1 is 1.06 bits per heavy atom. The maximum absolute atomic E-state index is 13.1. The van der Waals surface area contributed by atoms with Crippen LogP contribution in [-0.4, -0.2) is 27.8 Å². The minimum atomic E-state index is -0.0939. The number of ketones is 1. The fraction of sp³-hybridized carbons (Fsp3) is 0.222. The van der Waals surface area contributed by atoms with Crippen molar-refractivity contribution in [1.29, 1.82) is 0 Å². The van der Waals surface area contributed by atoms with Crippen LogP contribution in [-0.2, 0) is 11.3 Å². The van der Waals surface area contributed by atoms with Crippen molar-refractivity contribution in [2.24, 2.45) is 0 Å². The van der Waals surface area contributed by atoms with E-state index >= 15 is 0 Å². The van der Waals surface area contributed by atoms with Crippen LogP contribution >= 0.6 is 11.6 Å². The highest BCUT2D eigenvalue weighted by atomic mass is 35.5. The number of fused-ring (bicyclic) bond motifs is 1. The lowest BCUT2D eigenvalue weighted by Gasteiger charge is -2.20. The van der Waals surface area contributed by atoms with Crippen molar-refractivity contribution in [1.82, 2.24) is 9.55 Å². The van der Waals surface area contributed by atoms with Gasteiger partial charge in [-0.1, -0.05) is 41.4 Å². The zero-order valence-electron chi connectivity index (χ0n) is 18.6. The molecule has 5 rings (SSSR count). The van der Waals surface area contributed by atoms with Gasteiger partial charge >= 0.3 is 0 Å². The number of nitrogens with zero attached hydrogens (tertiary/aromatic N) is 3. The van der Waals surface area contributed by atoms with Gasteiger partial charge in [-0.05, 0) is 61.9 Å². The van der Waals surface area contributed by atoms with Gasteiger partial charge < -0.3 is 9.47 Å². The van der Waals surface area contributed by atoms with Crippen LogP contribution in [0.1, 0.15) is 39.6 Å². The minimum absolute atomic E-state index is 0.0216. The summed E-state index contributed by atoms with van der Waals surface area (Å²) in [5.41, 5.74) is 5.51. The Labute approximate surface area is 197 Å². The lowest BCUT2D eigenvalue weighted by molar-refractivity contribution is -0.117. The van der Waals surface area contributed by atoms with E-state index in [0.29, 0.717) is 23.6 Å². The number of carbonyl (C=O) groups is 2. The second-order valence-electron chi connectivity index (χ2n) is 8.67. The first-order valence-electron chi connectivity index (χ1n) is 11.0. The van der Waals surface area contributed by atoms with Crippen LogP contribution in [0.2, 0.25) is 5.02 Å². The van der Waals surface area contributed by atoms with Crippen molar-refractivity contribution < 1.29 is 9.59 Å². The molecule has 4 aromatic rings. The van der Waals surface area contributed by atoms with Gasteiger partial charge in [0.1, 0.15) is 5.82 Å². The number of carbonyl (C=O) groups excluding carboxylic acids is 2. The third kappa shape index (κ3) is 4.05. The van der Waals surface area contributed by atoms with E-state index in [1.165, 1.54) is 5.56 Å². The minimum Gasteiger partial charge on any atom is -0.320 e. The average molecular weight is 458 g/mol. The number of hydrogen-bond donors (Lipinski definition) is 0. The topological polar surface area (TPSA) is 55.2 Å². The zero-order valence-corrected chi connectivity index (χ0v) is 19.3. The van der Waals surface area contributed by atoms with Gasteiger partial charge in [0.2, 0.25) is 5.91 Å². The molecule has 5 nitrogen and oxygen atoms in total. The molecule has 1 atom stereocenters. The molecule has 1 amide bonds. The Hall–Kier alpha value is -3.44. The fourth-order valence-corrected chi connectivity index (χ4v) is 4.79. The zero-order chi connectivity index (χ0) is 23.1. The van der Waals surface area contributed by atoms with Gasteiger partial charge in [0.25, 0.3) is 0 Å². The highest BCUT2D eigenvalue weighted by Crippen LogP contribution is 2.35. The molecule has 0 bridgehead atoms. The molecule has 3 aromatic carbocycles. The molecule has 1 aromatic heterocycles. The van der Waals surface area contributed by atoms with Crippen LogP contribution in [0.5, 0.6) is 0 Å². The highest BCUT2D eigenvalue weighted by molar-refractivity contribution is 6.30. The summed E-state index contributed by atoms with van der Waals surface area (Å²) in [4.78, 5) is 32.8. The number of imidazole rings is 1. The molecule has 1 fully saturated rings. The Bertz CT molecular complexity index is 1370. The number of para-hydroxylation sites is 2. The monoisotopic (exact) mass is 457 g/mol. The maximum Gasteiger partial charge on any atom is 0.227 e. The molecular weight excluding hydrogens is 434 g/mol. The number of rotatable bonds is 5. The van der Waals surface area contributed by atoms with Crippen molar-refractivity contribution in [2.75, 3.05) is 11.4 Å². The molecule has 166 valence electrons. The van der Waals surface area contributed by atoms with Crippen molar-refractivity contribution in [3.8, 4) is 0 Å². The number of aromatic nitrogens is 2. The molecule has 2 heterocycles. The van der Waals surface area contributed by atoms with Crippen molar-refractivity contribution >= 4 is 40.0 Å². The van der Waals surface area contributed by atoms with Crippen LogP contribution in [0.15, 0.2) is 66.7 Å². The number of halogens is 1. The number of benzene rings is 3. The molecule has 1 aliphatic heterocycles. The number of hydrogen-bond acceptors (Lipinski definition) is 3. The normalized spacial score (nSPS) is 16.0. The lowest BCUT2D eigenvalue weighted by atomic mass is 10.1. The van der Waals surface area contributed by atoms with Gasteiger partial charge in [0, 0.05) is 35.2 Å². The molecule has 6 heteroatoms. The van der Waals surface area contributed by atoms with Crippen LogP contribution in [0.3, 0.4) is 0 Å². The molecular formula is C27H24ClN3O2. The molecule has 1 unspecified atom stereocenters. The summed E-state index contributed by atoms with van der Waals surface area (Å²) < 4.78 is 1.97. The van der Waals surface area contributed by atoms with E-state index in [2.05, 4.69) is 6.07 Å². The van der Waals surface area contributed by atoms with Crippen LogP contribution in [0.4, 0.5) is 5.69 Å². The summed E-state index contributed by atoms with van der Waals surface area (Å²) in [5, 5.41) is 0.594. The SMILES string of the molecule is Cc1ccc(N2CC(c3nc4ccccc4n3CC(=O)c3ccc(Cl)cc3)CC2=O)c(C)c1. The number of aryl methyl sites for hydroxylation is 2. The summed E-state index contributed by atoms with van der Waals surface area (Å²) in [6.07, 6.45) is 0.367. The van der Waals surface area contributed by atoms with Gasteiger partial charge in [-0.15, -0.1) is 0 Å². The Morgan fingerprint density at radius 3 is 2.58 bits per heavy atom. The lowest BCUT2D eigenvalue weighted by Crippen LogP contribution is -2.25.